The molecule has 2 aromatic rings. The summed E-state index contributed by atoms with van der Waals surface area (Å²) < 4.78 is 30.5. The highest BCUT2D eigenvalue weighted by atomic mass is 32.3. The molecule has 0 aliphatic carbocycles. The normalized spacial score (nSPS) is 13.1. The third kappa shape index (κ3) is 3.67. The topological polar surface area (TPSA) is 43.4 Å². The van der Waals surface area contributed by atoms with Crippen LogP contribution in [0.15, 0.2) is 58.3 Å². The largest absolute Gasteiger partial charge is 0.306 e. The molecule has 2 rings (SSSR count). The van der Waals surface area contributed by atoms with Gasteiger partial charge in [-0.05, 0) is 50.1 Å². The molecular weight excluding hydrogens is 304 g/mol. The minimum Gasteiger partial charge on any atom is -0.212 e. The van der Waals surface area contributed by atoms with Gasteiger partial charge in [-0.2, -0.15) is 8.42 Å². The zero-order valence-corrected chi connectivity index (χ0v) is 14.3. The number of aryl methyl sites for hydroxylation is 2. The molecule has 0 heterocycles. The fourth-order valence-electron chi connectivity index (χ4n) is 2.11. The van der Waals surface area contributed by atoms with E-state index in [1.807, 2.05) is 50.6 Å². The average Bonchev–Trinajstić information content (AvgIpc) is 2.38. The fourth-order valence-corrected chi connectivity index (χ4v) is 6.23. The standard InChI is InChI=1S/C16H20O3S2/c1-13-9-11-15(12-10-13)21(17,18)19-20(3,4)16-8-6-5-7-14(16)2/h5-12H,1-4H3. The summed E-state index contributed by atoms with van der Waals surface area (Å²) >= 11 is 0. The van der Waals surface area contributed by atoms with Crippen molar-refractivity contribution in [3.8, 4) is 0 Å². The van der Waals surface area contributed by atoms with Crippen LogP contribution in [0.3, 0.4) is 0 Å². The Labute approximate surface area is 128 Å². The van der Waals surface area contributed by atoms with Crippen LogP contribution in [0.25, 0.3) is 0 Å². The van der Waals surface area contributed by atoms with Gasteiger partial charge in [-0.3, -0.25) is 0 Å². The van der Waals surface area contributed by atoms with E-state index < -0.39 is 20.4 Å². The predicted octanol–water partition coefficient (Wildman–Crippen LogP) is 4.05. The van der Waals surface area contributed by atoms with Crippen molar-refractivity contribution >= 4 is 20.4 Å². The van der Waals surface area contributed by atoms with Crippen molar-refractivity contribution in [1.82, 2.24) is 0 Å². The first kappa shape index (κ1) is 16.1. The van der Waals surface area contributed by atoms with Gasteiger partial charge in [0.25, 0.3) is 0 Å². The maximum absolute atomic E-state index is 12.4. The molecule has 0 spiro atoms. The lowest BCUT2D eigenvalue weighted by molar-refractivity contribution is 0.511. The average molecular weight is 324 g/mol. The first-order valence-corrected chi connectivity index (χ1v) is 10.3. The van der Waals surface area contributed by atoms with Crippen LogP contribution in [0, 0.1) is 13.8 Å². The fraction of sp³-hybridized carbons (Fsp3) is 0.250. The molecule has 0 N–H and O–H groups in total. The molecule has 0 amide bonds. The molecule has 0 aliphatic heterocycles. The molecule has 5 heteroatoms. The van der Waals surface area contributed by atoms with E-state index in [9.17, 15) is 8.42 Å². The highest BCUT2D eigenvalue weighted by Crippen LogP contribution is 2.53. The molecule has 0 unspecified atom stereocenters. The van der Waals surface area contributed by atoms with Gasteiger partial charge in [0, 0.05) is 4.90 Å². The second kappa shape index (κ2) is 5.83. The number of hydrogen-bond donors (Lipinski definition) is 0. The van der Waals surface area contributed by atoms with Crippen molar-refractivity contribution in [2.45, 2.75) is 23.6 Å². The summed E-state index contributed by atoms with van der Waals surface area (Å²) in [7, 11) is -5.66. The maximum Gasteiger partial charge on any atom is 0.306 e. The highest BCUT2D eigenvalue weighted by molar-refractivity contribution is 8.32. The lowest BCUT2D eigenvalue weighted by Crippen LogP contribution is -2.11. The van der Waals surface area contributed by atoms with Crippen molar-refractivity contribution < 1.29 is 12.0 Å². The van der Waals surface area contributed by atoms with Crippen LogP contribution in [-0.4, -0.2) is 20.9 Å². The van der Waals surface area contributed by atoms with Crippen LogP contribution >= 0.6 is 10.3 Å². The van der Waals surface area contributed by atoms with Gasteiger partial charge in [0.1, 0.15) is 0 Å². The Morgan fingerprint density at radius 3 is 2.00 bits per heavy atom. The number of rotatable bonds is 4. The van der Waals surface area contributed by atoms with Crippen LogP contribution < -0.4 is 0 Å². The Morgan fingerprint density at radius 2 is 1.43 bits per heavy atom. The zero-order chi connectivity index (χ0) is 15.7. The van der Waals surface area contributed by atoms with Crippen molar-refractivity contribution in [2.24, 2.45) is 0 Å². The predicted molar refractivity (Wildman–Crippen MR) is 88.3 cm³/mol. The first-order valence-electron chi connectivity index (χ1n) is 6.54. The third-order valence-corrected chi connectivity index (χ3v) is 7.64. The number of benzene rings is 2. The lowest BCUT2D eigenvalue weighted by Gasteiger charge is -2.31. The van der Waals surface area contributed by atoms with E-state index in [2.05, 4.69) is 0 Å². The molecule has 0 fully saturated rings. The van der Waals surface area contributed by atoms with Gasteiger partial charge in [0.15, 0.2) is 0 Å². The number of hydrogen-bond acceptors (Lipinski definition) is 3. The van der Waals surface area contributed by atoms with Crippen molar-refractivity contribution in [3.63, 3.8) is 0 Å². The van der Waals surface area contributed by atoms with Gasteiger partial charge in [-0.15, -0.1) is 0 Å². The van der Waals surface area contributed by atoms with Crippen molar-refractivity contribution in [2.75, 3.05) is 12.5 Å². The molecule has 3 nitrogen and oxygen atoms in total. The first-order chi connectivity index (χ1) is 9.72. The quantitative estimate of drug-likeness (QED) is 0.852. The smallest absolute Gasteiger partial charge is 0.212 e. The summed E-state index contributed by atoms with van der Waals surface area (Å²) in [5.41, 5.74) is 2.05. The van der Waals surface area contributed by atoms with Crippen LogP contribution in [0.2, 0.25) is 0 Å². The molecule has 0 saturated carbocycles. The van der Waals surface area contributed by atoms with E-state index in [0.717, 1.165) is 16.0 Å². The van der Waals surface area contributed by atoms with Crippen molar-refractivity contribution in [1.29, 1.82) is 0 Å². The monoisotopic (exact) mass is 324 g/mol. The zero-order valence-electron chi connectivity index (χ0n) is 12.7. The van der Waals surface area contributed by atoms with Gasteiger partial charge >= 0.3 is 10.1 Å². The SMILES string of the molecule is Cc1ccc(S(=O)(=O)OS(C)(C)c2ccccc2C)cc1. The van der Waals surface area contributed by atoms with Crippen LogP contribution in [0.5, 0.6) is 0 Å². The maximum atomic E-state index is 12.4. The van der Waals surface area contributed by atoms with E-state index >= 15 is 0 Å². The molecule has 0 radical (unpaired) electrons. The van der Waals surface area contributed by atoms with Crippen LogP contribution in [0.1, 0.15) is 11.1 Å². The minimum atomic E-state index is -3.76. The highest BCUT2D eigenvalue weighted by Gasteiger charge is 2.27. The minimum absolute atomic E-state index is 0.197. The molecule has 114 valence electrons. The van der Waals surface area contributed by atoms with Gasteiger partial charge < -0.3 is 0 Å². The summed E-state index contributed by atoms with van der Waals surface area (Å²) in [5.74, 6) is 0. The van der Waals surface area contributed by atoms with Crippen LogP contribution in [0.4, 0.5) is 0 Å². The van der Waals surface area contributed by atoms with Gasteiger partial charge in [-0.1, -0.05) is 46.2 Å². The van der Waals surface area contributed by atoms with Crippen molar-refractivity contribution in [3.05, 3.63) is 59.7 Å². The molecular formula is C16H20O3S2. The Balaban J connectivity index is 2.35. The van der Waals surface area contributed by atoms with E-state index in [1.165, 1.54) is 0 Å². The van der Waals surface area contributed by atoms with E-state index in [0.29, 0.717) is 0 Å². The molecule has 0 aromatic heterocycles. The Morgan fingerprint density at radius 1 is 0.857 bits per heavy atom. The summed E-state index contributed by atoms with van der Waals surface area (Å²) in [6.07, 6.45) is 3.70. The lowest BCUT2D eigenvalue weighted by atomic mass is 10.2. The summed E-state index contributed by atoms with van der Waals surface area (Å²) in [6, 6.07) is 14.4. The van der Waals surface area contributed by atoms with Gasteiger partial charge in [0.2, 0.25) is 0 Å². The summed E-state index contributed by atoms with van der Waals surface area (Å²) in [6.45, 7) is 3.88. The Kier molecular flexibility index (Phi) is 4.46. The van der Waals surface area contributed by atoms with Gasteiger partial charge in [0.05, 0.1) is 4.90 Å². The molecule has 0 saturated heterocycles. The van der Waals surface area contributed by atoms with E-state index in [1.54, 1.807) is 24.3 Å². The Bertz CT molecular complexity index is 732. The molecule has 2 aromatic carbocycles. The van der Waals surface area contributed by atoms with E-state index in [4.69, 9.17) is 3.63 Å². The second-order valence-electron chi connectivity index (χ2n) is 5.33. The van der Waals surface area contributed by atoms with Gasteiger partial charge in [-0.25, -0.2) is 3.63 Å². The van der Waals surface area contributed by atoms with Crippen LogP contribution in [-0.2, 0) is 13.7 Å². The molecule has 0 aliphatic rings. The molecule has 0 bridgehead atoms. The second-order valence-corrected chi connectivity index (χ2v) is 10.2. The molecule has 21 heavy (non-hydrogen) atoms. The Hall–Kier alpha value is -1.30. The molecule has 0 atom stereocenters. The third-order valence-electron chi connectivity index (χ3n) is 3.19. The summed E-state index contributed by atoms with van der Waals surface area (Å²) in [4.78, 5) is 1.14. The summed E-state index contributed by atoms with van der Waals surface area (Å²) in [5, 5.41) is 0. The van der Waals surface area contributed by atoms with E-state index in [-0.39, 0.29) is 4.90 Å².